The molecule has 0 aliphatic heterocycles. The molecule has 2 amide bonds. The van der Waals surface area contributed by atoms with Gasteiger partial charge >= 0.3 is 0 Å². The largest absolute Gasteiger partial charge is 0.338 e. The van der Waals surface area contributed by atoms with Crippen LogP contribution in [0.4, 0.5) is 11.4 Å². The maximum Gasteiger partial charge on any atom is 0.244 e. The van der Waals surface area contributed by atoms with Crippen molar-refractivity contribution in [3.63, 3.8) is 0 Å². The molecule has 1 heterocycles. The van der Waals surface area contributed by atoms with Crippen LogP contribution < -0.4 is 10.6 Å². The lowest BCUT2D eigenvalue weighted by molar-refractivity contribution is -0.116. The third-order valence-electron chi connectivity index (χ3n) is 3.77. The summed E-state index contributed by atoms with van der Waals surface area (Å²) in [5.74, 6) is -0.261. The van der Waals surface area contributed by atoms with Crippen LogP contribution in [0.1, 0.15) is 12.5 Å². The van der Waals surface area contributed by atoms with Crippen LogP contribution in [0.25, 0.3) is 10.9 Å². The number of anilines is 2. The van der Waals surface area contributed by atoms with Crippen molar-refractivity contribution in [2.45, 2.75) is 20.4 Å². The van der Waals surface area contributed by atoms with Crippen LogP contribution in [0.15, 0.2) is 54.7 Å². The van der Waals surface area contributed by atoms with E-state index in [4.69, 9.17) is 0 Å². The minimum Gasteiger partial charge on any atom is -0.338 e. The summed E-state index contributed by atoms with van der Waals surface area (Å²) in [6.07, 6.45) is 1.98. The zero-order valence-corrected chi connectivity index (χ0v) is 13.7. The number of aryl methyl sites for hydroxylation is 1. The number of amides is 2. The summed E-state index contributed by atoms with van der Waals surface area (Å²) in [4.78, 5) is 23.5. The van der Waals surface area contributed by atoms with E-state index in [0.717, 1.165) is 16.5 Å². The van der Waals surface area contributed by atoms with Crippen molar-refractivity contribution in [2.24, 2.45) is 0 Å². The highest BCUT2D eigenvalue weighted by Gasteiger charge is 2.09. The van der Waals surface area contributed by atoms with E-state index in [9.17, 15) is 9.59 Å². The second kappa shape index (κ2) is 6.58. The minimum absolute atomic E-state index is 0.115. The van der Waals surface area contributed by atoms with Gasteiger partial charge in [-0.2, -0.15) is 0 Å². The van der Waals surface area contributed by atoms with Gasteiger partial charge in [-0.15, -0.1) is 0 Å². The highest BCUT2D eigenvalue weighted by molar-refractivity contribution is 5.94. The lowest BCUT2D eigenvalue weighted by atomic mass is 10.2. The van der Waals surface area contributed by atoms with Crippen LogP contribution in [-0.4, -0.2) is 16.4 Å². The lowest BCUT2D eigenvalue weighted by Gasteiger charge is -2.09. The summed E-state index contributed by atoms with van der Waals surface area (Å²) >= 11 is 0. The smallest absolute Gasteiger partial charge is 0.244 e. The van der Waals surface area contributed by atoms with E-state index in [1.807, 2.05) is 35.9 Å². The molecule has 5 heteroatoms. The molecule has 0 atom stereocenters. The fourth-order valence-electron chi connectivity index (χ4n) is 2.79. The molecule has 0 fully saturated rings. The minimum atomic E-state index is -0.146. The van der Waals surface area contributed by atoms with Gasteiger partial charge in [-0.3, -0.25) is 9.59 Å². The van der Waals surface area contributed by atoms with Crippen LogP contribution in [0.2, 0.25) is 0 Å². The van der Waals surface area contributed by atoms with Gasteiger partial charge in [0, 0.05) is 35.4 Å². The molecule has 122 valence electrons. The lowest BCUT2D eigenvalue weighted by Crippen LogP contribution is -2.18. The second-order valence-corrected chi connectivity index (χ2v) is 5.77. The van der Waals surface area contributed by atoms with Gasteiger partial charge in [0.25, 0.3) is 0 Å². The average molecular weight is 321 g/mol. The van der Waals surface area contributed by atoms with Gasteiger partial charge < -0.3 is 15.2 Å². The second-order valence-electron chi connectivity index (χ2n) is 5.77. The molecular weight excluding hydrogens is 302 g/mol. The first-order valence-electron chi connectivity index (χ1n) is 7.75. The third-order valence-corrected chi connectivity index (χ3v) is 3.77. The normalized spacial score (nSPS) is 10.6. The van der Waals surface area contributed by atoms with E-state index in [2.05, 4.69) is 16.7 Å². The number of nitrogens with one attached hydrogen (secondary N) is 2. The number of carbonyl (C=O) groups excluding carboxylic acids is 2. The topological polar surface area (TPSA) is 63.1 Å². The van der Waals surface area contributed by atoms with Gasteiger partial charge in [-0.05, 0) is 36.8 Å². The van der Waals surface area contributed by atoms with E-state index < -0.39 is 0 Å². The number of carbonyl (C=O) groups is 2. The quantitative estimate of drug-likeness (QED) is 0.772. The first-order chi connectivity index (χ1) is 11.5. The summed E-state index contributed by atoms with van der Waals surface area (Å²) in [5, 5.41) is 6.72. The van der Waals surface area contributed by atoms with Crippen LogP contribution in [0.3, 0.4) is 0 Å². The van der Waals surface area contributed by atoms with Gasteiger partial charge in [0.15, 0.2) is 0 Å². The van der Waals surface area contributed by atoms with Gasteiger partial charge in [-0.1, -0.05) is 24.3 Å². The Morgan fingerprint density at radius 3 is 2.46 bits per heavy atom. The van der Waals surface area contributed by atoms with Crippen molar-refractivity contribution >= 4 is 34.1 Å². The van der Waals surface area contributed by atoms with Crippen LogP contribution in [-0.2, 0) is 16.1 Å². The van der Waals surface area contributed by atoms with Gasteiger partial charge in [0.05, 0.1) is 0 Å². The third kappa shape index (κ3) is 3.46. The molecule has 3 aromatic rings. The Kier molecular flexibility index (Phi) is 4.33. The molecule has 24 heavy (non-hydrogen) atoms. The molecule has 5 nitrogen and oxygen atoms in total. The van der Waals surface area contributed by atoms with Crippen molar-refractivity contribution in [1.29, 1.82) is 0 Å². The number of hydrogen-bond donors (Lipinski definition) is 2. The molecule has 0 aliphatic carbocycles. The van der Waals surface area contributed by atoms with Crippen molar-refractivity contribution in [2.75, 3.05) is 10.6 Å². The Labute approximate surface area is 140 Å². The molecule has 0 aliphatic rings. The molecule has 0 bridgehead atoms. The number of rotatable bonds is 4. The molecule has 1 aromatic heterocycles. The molecule has 0 unspecified atom stereocenters. The molecule has 0 saturated heterocycles. The molecule has 3 rings (SSSR count). The van der Waals surface area contributed by atoms with Gasteiger partial charge in [0.1, 0.15) is 6.54 Å². The summed E-state index contributed by atoms with van der Waals surface area (Å²) in [5.41, 5.74) is 3.49. The highest BCUT2D eigenvalue weighted by atomic mass is 16.2. The van der Waals surface area contributed by atoms with Crippen LogP contribution in [0, 0.1) is 6.92 Å². The Balaban J connectivity index is 1.74. The molecular formula is C19H19N3O2. The fourth-order valence-corrected chi connectivity index (χ4v) is 2.79. The Morgan fingerprint density at radius 1 is 1.00 bits per heavy atom. The molecule has 0 spiro atoms. The average Bonchev–Trinajstić information content (AvgIpc) is 2.83. The van der Waals surface area contributed by atoms with E-state index in [1.54, 1.807) is 24.3 Å². The number of fused-ring (bicyclic) bond motifs is 1. The summed E-state index contributed by atoms with van der Waals surface area (Å²) < 4.78 is 1.94. The summed E-state index contributed by atoms with van der Waals surface area (Å²) in [6, 6.07) is 15.1. The first-order valence-corrected chi connectivity index (χ1v) is 7.75. The standard InChI is InChI=1S/C19H19N3O2/c1-13-11-22(18-9-4-3-8-17(13)18)12-19(24)21-16-7-5-6-15(10-16)20-14(2)23/h3-11H,12H2,1-2H3,(H,20,23)(H,21,24). The highest BCUT2D eigenvalue weighted by Crippen LogP contribution is 2.20. The zero-order valence-electron chi connectivity index (χ0n) is 13.7. The summed E-state index contributed by atoms with van der Waals surface area (Å²) in [7, 11) is 0. The molecule has 0 radical (unpaired) electrons. The van der Waals surface area contributed by atoms with Gasteiger partial charge in [-0.25, -0.2) is 0 Å². The van der Waals surface area contributed by atoms with E-state index in [0.29, 0.717) is 11.4 Å². The molecule has 0 saturated carbocycles. The van der Waals surface area contributed by atoms with E-state index in [1.165, 1.54) is 6.92 Å². The van der Waals surface area contributed by atoms with Crippen molar-refractivity contribution in [1.82, 2.24) is 4.57 Å². The van der Waals surface area contributed by atoms with Gasteiger partial charge in [0.2, 0.25) is 11.8 Å². The van der Waals surface area contributed by atoms with Crippen molar-refractivity contribution in [3.8, 4) is 0 Å². The fraction of sp³-hybridized carbons (Fsp3) is 0.158. The SMILES string of the molecule is CC(=O)Nc1cccc(NC(=O)Cn2cc(C)c3ccccc32)c1. The van der Waals surface area contributed by atoms with Crippen LogP contribution in [0.5, 0.6) is 0 Å². The monoisotopic (exact) mass is 321 g/mol. The number of benzene rings is 2. The number of aromatic nitrogens is 1. The number of para-hydroxylation sites is 1. The zero-order chi connectivity index (χ0) is 17.1. The Hall–Kier alpha value is -3.08. The first kappa shape index (κ1) is 15.8. The predicted octanol–water partition coefficient (Wildman–Crippen LogP) is 3.55. The van der Waals surface area contributed by atoms with E-state index >= 15 is 0 Å². The number of hydrogen-bond acceptors (Lipinski definition) is 2. The van der Waals surface area contributed by atoms with E-state index in [-0.39, 0.29) is 18.4 Å². The Bertz CT molecular complexity index is 912. The predicted molar refractivity (Wildman–Crippen MR) is 96.1 cm³/mol. The van der Waals surface area contributed by atoms with Crippen molar-refractivity contribution in [3.05, 3.63) is 60.3 Å². The molecule has 2 aromatic carbocycles. The Morgan fingerprint density at radius 2 is 1.71 bits per heavy atom. The maximum atomic E-state index is 12.3. The number of nitrogens with zero attached hydrogens (tertiary/aromatic N) is 1. The summed E-state index contributed by atoms with van der Waals surface area (Å²) in [6.45, 7) is 3.72. The van der Waals surface area contributed by atoms with Crippen molar-refractivity contribution < 1.29 is 9.59 Å². The van der Waals surface area contributed by atoms with Crippen LogP contribution >= 0.6 is 0 Å². The molecule has 2 N–H and O–H groups in total. The maximum absolute atomic E-state index is 12.3.